The van der Waals surface area contributed by atoms with Crippen LogP contribution in [0.2, 0.25) is 0 Å². The summed E-state index contributed by atoms with van der Waals surface area (Å²) in [6, 6.07) is 3.94. The number of carboxylic acids is 1. The number of rotatable bonds is 2. The summed E-state index contributed by atoms with van der Waals surface area (Å²) < 4.78 is 0. The lowest BCUT2D eigenvalue weighted by atomic mass is 10.0. The molecule has 2 heterocycles. The summed E-state index contributed by atoms with van der Waals surface area (Å²) in [4.78, 5) is 17.3. The third kappa shape index (κ3) is 2.25. The molecule has 1 aliphatic heterocycles. The van der Waals surface area contributed by atoms with Crippen LogP contribution in [0.25, 0.3) is 0 Å². The molecular weight excluding hydrogens is 244 g/mol. The Labute approximate surface area is 111 Å². The van der Waals surface area contributed by atoms with Crippen molar-refractivity contribution in [2.24, 2.45) is 5.73 Å². The number of aromatic nitrogens is 1. The Morgan fingerprint density at radius 1 is 1.63 bits per heavy atom. The molecule has 0 radical (unpaired) electrons. The smallest absolute Gasteiger partial charge is 0.325 e. The van der Waals surface area contributed by atoms with Crippen LogP contribution >= 0.6 is 0 Å². The molecule has 1 aliphatic rings. The first-order valence-corrected chi connectivity index (χ1v) is 6.03. The minimum absolute atomic E-state index is 0.208. The minimum Gasteiger partial charge on any atom is -0.480 e. The highest BCUT2D eigenvalue weighted by Gasteiger charge is 2.42. The van der Waals surface area contributed by atoms with Crippen molar-refractivity contribution in [3.8, 4) is 6.07 Å². The van der Waals surface area contributed by atoms with E-state index < -0.39 is 11.5 Å². The van der Waals surface area contributed by atoms with Crippen molar-refractivity contribution >= 4 is 11.7 Å². The van der Waals surface area contributed by atoms with Crippen molar-refractivity contribution in [3.63, 3.8) is 0 Å². The van der Waals surface area contributed by atoms with Gasteiger partial charge in [0.05, 0.1) is 16.9 Å². The average Bonchev–Trinajstić information content (AvgIpc) is 2.72. The van der Waals surface area contributed by atoms with Crippen LogP contribution in [0, 0.1) is 25.2 Å². The summed E-state index contributed by atoms with van der Waals surface area (Å²) >= 11 is 0. The number of pyridine rings is 1. The topological polar surface area (TPSA) is 103 Å². The fraction of sp³-hybridized carbons (Fsp3) is 0.462. The van der Waals surface area contributed by atoms with Crippen molar-refractivity contribution in [3.05, 3.63) is 23.0 Å². The number of hydrogen-bond donors (Lipinski definition) is 2. The number of nitrogens with two attached hydrogens (primary N) is 1. The molecule has 1 saturated heterocycles. The summed E-state index contributed by atoms with van der Waals surface area (Å²) in [5.74, 6) is -1.00. The van der Waals surface area contributed by atoms with Gasteiger partial charge in [0.15, 0.2) is 0 Å². The van der Waals surface area contributed by atoms with Crippen LogP contribution in [-0.4, -0.2) is 34.7 Å². The summed E-state index contributed by atoms with van der Waals surface area (Å²) in [5, 5.41) is 18.4. The molecule has 19 heavy (non-hydrogen) atoms. The molecule has 1 aromatic rings. The van der Waals surface area contributed by atoms with Gasteiger partial charge in [-0.25, -0.2) is 0 Å². The van der Waals surface area contributed by atoms with E-state index in [1.165, 1.54) is 0 Å². The SMILES string of the molecule is Cc1cc(N2CCC(N)(C(=O)O)C2)c(C#N)c(C)n1. The van der Waals surface area contributed by atoms with E-state index in [1.807, 2.05) is 11.8 Å². The molecule has 1 aromatic heterocycles. The van der Waals surface area contributed by atoms with Crippen molar-refractivity contribution < 1.29 is 9.90 Å². The Bertz CT molecular complexity index is 579. The monoisotopic (exact) mass is 260 g/mol. The van der Waals surface area contributed by atoms with E-state index in [9.17, 15) is 10.1 Å². The second-order valence-electron chi connectivity index (χ2n) is 4.99. The first-order chi connectivity index (χ1) is 8.87. The predicted octanol–water partition coefficient (Wildman–Crippen LogP) is 0.562. The fourth-order valence-electron chi connectivity index (χ4n) is 2.41. The van der Waals surface area contributed by atoms with Gasteiger partial charge < -0.3 is 15.7 Å². The number of carbonyl (C=O) groups is 1. The van der Waals surface area contributed by atoms with Gasteiger partial charge in [0.1, 0.15) is 11.6 Å². The molecule has 0 aromatic carbocycles. The second-order valence-corrected chi connectivity index (χ2v) is 4.99. The van der Waals surface area contributed by atoms with E-state index in [4.69, 9.17) is 10.8 Å². The maximum Gasteiger partial charge on any atom is 0.325 e. The third-order valence-corrected chi connectivity index (χ3v) is 3.49. The Morgan fingerprint density at radius 3 is 2.84 bits per heavy atom. The highest BCUT2D eigenvalue weighted by molar-refractivity contribution is 5.81. The van der Waals surface area contributed by atoms with Crippen LogP contribution in [0.4, 0.5) is 5.69 Å². The van der Waals surface area contributed by atoms with Gasteiger partial charge in [-0.05, 0) is 26.3 Å². The fourth-order valence-corrected chi connectivity index (χ4v) is 2.41. The Kier molecular flexibility index (Phi) is 3.16. The number of hydrogen-bond acceptors (Lipinski definition) is 5. The molecule has 0 saturated carbocycles. The molecule has 0 bridgehead atoms. The normalized spacial score (nSPS) is 22.3. The van der Waals surface area contributed by atoms with Crippen LogP contribution in [0.15, 0.2) is 6.07 Å². The van der Waals surface area contributed by atoms with Crippen LogP contribution in [-0.2, 0) is 4.79 Å². The molecule has 1 unspecified atom stereocenters. The van der Waals surface area contributed by atoms with Gasteiger partial charge in [-0.15, -0.1) is 0 Å². The number of nitrogens with zero attached hydrogens (tertiary/aromatic N) is 3. The zero-order valence-electron chi connectivity index (χ0n) is 11.0. The van der Waals surface area contributed by atoms with Gasteiger partial charge in [-0.3, -0.25) is 9.78 Å². The largest absolute Gasteiger partial charge is 0.480 e. The Balaban J connectivity index is 2.40. The molecule has 0 spiro atoms. The third-order valence-electron chi connectivity index (χ3n) is 3.49. The molecule has 1 fully saturated rings. The van der Waals surface area contributed by atoms with Gasteiger partial charge in [0, 0.05) is 18.8 Å². The number of aryl methyl sites for hydroxylation is 2. The van der Waals surface area contributed by atoms with Crippen molar-refractivity contribution in [1.29, 1.82) is 5.26 Å². The zero-order valence-corrected chi connectivity index (χ0v) is 11.0. The van der Waals surface area contributed by atoms with E-state index in [1.54, 1.807) is 13.0 Å². The molecule has 3 N–H and O–H groups in total. The van der Waals surface area contributed by atoms with E-state index >= 15 is 0 Å². The maximum atomic E-state index is 11.2. The highest BCUT2D eigenvalue weighted by Crippen LogP contribution is 2.29. The molecule has 2 rings (SSSR count). The van der Waals surface area contributed by atoms with E-state index in [0.29, 0.717) is 24.2 Å². The Morgan fingerprint density at radius 2 is 2.32 bits per heavy atom. The van der Waals surface area contributed by atoms with Crippen molar-refractivity contribution in [1.82, 2.24) is 4.98 Å². The standard InChI is InChI=1S/C13H16N4O2/c1-8-5-11(10(6-14)9(2)16-8)17-4-3-13(15,7-17)12(18)19/h5H,3-4,7,15H2,1-2H3,(H,18,19). The van der Waals surface area contributed by atoms with E-state index in [0.717, 1.165) is 11.4 Å². The van der Waals surface area contributed by atoms with Crippen LogP contribution in [0.1, 0.15) is 23.4 Å². The van der Waals surface area contributed by atoms with Crippen LogP contribution in [0.5, 0.6) is 0 Å². The Hall–Kier alpha value is -2.13. The molecule has 6 nitrogen and oxygen atoms in total. The number of carboxylic acid groups (broad SMARTS) is 1. The average molecular weight is 260 g/mol. The summed E-state index contributed by atoms with van der Waals surface area (Å²) in [6.07, 6.45) is 0.369. The first kappa shape index (κ1) is 13.3. The van der Waals surface area contributed by atoms with Gasteiger partial charge in [-0.1, -0.05) is 0 Å². The maximum absolute atomic E-state index is 11.2. The minimum atomic E-state index is -1.24. The summed E-state index contributed by atoms with van der Waals surface area (Å²) in [7, 11) is 0. The van der Waals surface area contributed by atoms with Crippen molar-refractivity contribution in [2.75, 3.05) is 18.0 Å². The van der Waals surface area contributed by atoms with Crippen molar-refractivity contribution in [2.45, 2.75) is 25.8 Å². The predicted molar refractivity (Wildman–Crippen MR) is 69.8 cm³/mol. The highest BCUT2D eigenvalue weighted by atomic mass is 16.4. The van der Waals surface area contributed by atoms with Crippen LogP contribution < -0.4 is 10.6 Å². The molecule has 0 aliphatic carbocycles. The summed E-state index contributed by atoms with van der Waals surface area (Å²) in [5.41, 5.74) is 7.29. The zero-order chi connectivity index (χ0) is 14.2. The molecule has 100 valence electrons. The quantitative estimate of drug-likeness (QED) is 0.805. The number of nitriles is 1. The molecular formula is C13H16N4O2. The van der Waals surface area contributed by atoms with E-state index in [2.05, 4.69) is 11.1 Å². The molecule has 0 amide bonds. The van der Waals surface area contributed by atoms with Gasteiger partial charge >= 0.3 is 5.97 Å². The molecule has 1 atom stereocenters. The molecule has 6 heteroatoms. The lowest BCUT2D eigenvalue weighted by Crippen LogP contribution is -2.50. The number of aliphatic carboxylic acids is 1. The van der Waals surface area contributed by atoms with Gasteiger partial charge in [0.25, 0.3) is 0 Å². The lowest BCUT2D eigenvalue weighted by Gasteiger charge is -2.23. The lowest BCUT2D eigenvalue weighted by molar-refractivity contribution is -0.142. The van der Waals surface area contributed by atoms with Gasteiger partial charge in [-0.2, -0.15) is 5.26 Å². The summed E-state index contributed by atoms with van der Waals surface area (Å²) in [6.45, 7) is 4.36. The van der Waals surface area contributed by atoms with E-state index in [-0.39, 0.29) is 6.54 Å². The van der Waals surface area contributed by atoms with Crippen LogP contribution in [0.3, 0.4) is 0 Å². The first-order valence-electron chi connectivity index (χ1n) is 6.03. The van der Waals surface area contributed by atoms with Gasteiger partial charge in [0.2, 0.25) is 0 Å². The second kappa shape index (κ2) is 4.52. The number of anilines is 1.